The van der Waals surface area contributed by atoms with Gasteiger partial charge in [0, 0.05) is 16.8 Å². The fourth-order valence-corrected chi connectivity index (χ4v) is 3.49. The predicted molar refractivity (Wildman–Crippen MR) is 127 cm³/mol. The molecule has 178 valence electrons. The number of carbonyl (C=O) groups is 3. The highest BCUT2D eigenvalue weighted by atomic mass is 19.1. The van der Waals surface area contributed by atoms with Gasteiger partial charge in [0.05, 0.1) is 13.7 Å². The zero-order valence-corrected chi connectivity index (χ0v) is 18.8. The second kappa shape index (κ2) is 10.5. The minimum atomic E-state index is -0.669. The number of hydrogen-bond donors (Lipinski definition) is 2. The van der Waals surface area contributed by atoms with Crippen LogP contribution in [0.2, 0.25) is 0 Å². The molecule has 1 saturated heterocycles. The number of methoxy groups -OCH3 is 1. The van der Waals surface area contributed by atoms with Crippen molar-refractivity contribution in [2.45, 2.75) is 6.54 Å². The number of anilines is 1. The van der Waals surface area contributed by atoms with E-state index in [0.717, 1.165) is 4.90 Å². The van der Waals surface area contributed by atoms with E-state index < -0.39 is 17.8 Å². The van der Waals surface area contributed by atoms with Crippen molar-refractivity contribution in [2.75, 3.05) is 19.0 Å². The Balaban J connectivity index is 1.53. The number of urea groups is 1. The molecule has 3 aromatic carbocycles. The molecule has 0 aliphatic carbocycles. The third kappa shape index (κ3) is 5.47. The van der Waals surface area contributed by atoms with Crippen LogP contribution in [0.5, 0.6) is 11.5 Å². The predicted octanol–water partition coefficient (Wildman–Crippen LogP) is 3.94. The van der Waals surface area contributed by atoms with Gasteiger partial charge in [-0.25, -0.2) is 9.18 Å². The average Bonchev–Trinajstić information content (AvgIpc) is 3.12. The van der Waals surface area contributed by atoms with E-state index in [4.69, 9.17) is 9.47 Å². The smallest absolute Gasteiger partial charge is 0.329 e. The molecule has 0 bridgehead atoms. The van der Waals surface area contributed by atoms with Gasteiger partial charge in [0.15, 0.2) is 18.1 Å². The molecule has 0 saturated carbocycles. The summed E-state index contributed by atoms with van der Waals surface area (Å²) in [4.78, 5) is 38.6. The summed E-state index contributed by atoms with van der Waals surface area (Å²) in [5, 5.41) is 5.22. The van der Waals surface area contributed by atoms with Crippen molar-refractivity contribution < 1.29 is 28.2 Å². The van der Waals surface area contributed by atoms with Crippen LogP contribution < -0.4 is 20.1 Å². The van der Waals surface area contributed by atoms with Gasteiger partial charge in [-0.3, -0.25) is 14.5 Å². The van der Waals surface area contributed by atoms with E-state index in [1.54, 1.807) is 48.5 Å². The van der Waals surface area contributed by atoms with Crippen LogP contribution in [0.25, 0.3) is 6.08 Å². The van der Waals surface area contributed by atoms with Crippen molar-refractivity contribution in [1.82, 2.24) is 10.2 Å². The molecule has 9 heteroatoms. The van der Waals surface area contributed by atoms with E-state index in [2.05, 4.69) is 10.6 Å². The lowest BCUT2D eigenvalue weighted by molar-refractivity contribution is -0.123. The van der Waals surface area contributed by atoms with Crippen LogP contribution in [0.4, 0.5) is 14.9 Å². The van der Waals surface area contributed by atoms with Crippen LogP contribution in [0.3, 0.4) is 0 Å². The summed E-state index contributed by atoms with van der Waals surface area (Å²) >= 11 is 0. The van der Waals surface area contributed by atoms with Gasteiger partial charge in [0.1, 0.15) is 11.5 Å². The summed E-state index contributed by atoms with van der Waals surface area (Å²) < 4.78 is 25.1. The number of nitrogens with zero attached hydrogens (tertiary/aromatic N) is 1. The number of carbonyl (C=O) groups excluding carboxylic acids is 3. The quantitative estimate of drug-likeness (QED) is 0.380. The first-order chi connectivity index (χ1) is 17.0. The third-order valence-corrected chi connectivity index (χ3v) is 5.18. The molecule has 1 aliphatic rings. The molecular weight excluding hydrogens is 453 g/mol. The summed E-state index contributed by atoms with van der Waals surface area (Å²) in [5.41, 5.74) is 1.23. The summed E-state index contributed by atoms with van der Waals surface area (Å²) in [6.45, 7) is -0.527. The number of ether oxygens (including phenoxy) is 2. The summed E-state index contributed by atoms with van der Waals surface area (Å²) in [6.07, 6.45) is 1.43. The SMILES string of the molecule is COc1cccc(/C=C2/NC(=O)N(Cc3ccccc3F)C2=O)c1OCC(=O)Nc1ccccc1. The highest BCUT2D eigenvalue weighted by molar-refractivity contribution is 6.14. The van der Waals surface area contributed by atoms with Gasteiger partial charge in [0.25, 0.3) is 11.8 Å². The number of halogens is 1. The molecule has 4 rings (SSSR count). The maximum atomic E-state index is 14.0. The number of nitrogens with one attached hydrogen (secondary N) is 2. The lowest BCUT2D eigenvalue weighted by Gasteiger charge is -2.14. The first-order valence-corrected chi connectivity index (χ1v) is 10.7. The number of imide groups is 1. The van der Waals surface area contributed by atoms with E-state index in [9.17, 15) is 18.8 Å². The largest absolute Gasteiger partial charge is 0.493 e. The van der Waals surface area contributed by atoms with E-state index in [1.165, 1.54) is 31.4 Å². The van der Waals surface area contributed by atoms with Crippen LogP contribution >= 0.6 is 0 Å². The zero-order valence-electron chi connectivity index (χ0n) is 18.8. The van der Waals surface area contributed by atoms with E-state index >= 15 is 0 Å². The standard InChI is InChI=1S/C26H22FN3O5/c1-34-22-13-7-9-17(24(22)35-16-23(31)28-19-10-3-2-4-11-19)14-21-25(32)30(26(33)29-21)15-18-8-5-6-12-20(18)27/h2-14H,15-16H2,1H3,(H,28,31)(H,29,33)/b21-14+. The molecule has 0 aromatic heterocycles. The minimum absolute atomic E-state index is 0.0156. The average molecular weight is 475 g/mol. The monoisotopic (exact) mass is 475 g/mol. The number of para-hydroxylation sites is 2. The van der Waals surface area contributed by atoms with Crippen molar-refractivity contribution in [3.63, 3.8) is 0 Å². The maximum Gasteiger partial charge on any atom is 0.329 e. The van der Waals surface area contributed by atoms with Crippen molar-refractivity contribution in [3.05, 3.63) is 95.4 Å². The highest BCUT2D eigenvalue weighted by Gasteiger charge is 2.34. The highest BCUT2D eigenvalue weighted by Crippen LogP contribution is 2.33. The van der Waals surface area contributed by atoms with Crippen LogP contribution in [-0.4, -0.2) is 36.5 Å². The fourth-order valence-electron chi connectivity index (χ4n) is 3.49. The molecule has 0 spiro atoms. The molecule has 8 nitrogen and oxygen atoms in total. The molecule has 35 heavy (non-hydrogen) atoms. The number of amides is 4. The van der Waals surface area contributed by atoms with Gasteiger partial charge < -0.3 is 20.1 Å². The number of rotatable bonds is 8. The fraction of sp³-hybridized carbons (Fsp3) is 0.115. The molecule has 0 atom stereocenters. The Morgan fingerprint density at radius 3 is 2.51 bits per heavy atom. The Bertz CT molecular complexity index is 1290. The minimum Gasteiger partial charge on any atom is -0.493 e. The summed E-state index contributed by atoms with van der Waals surface area (Å²) in [5.74, 6) is -0.953. The lowest BCUT2D eigenvalue weighted by Crippen LogP contribution is -2.30. The van der Waals surface area contributed by atoms with E-state index in [0.29, 0.717) is 17.0 Å². The first kappa shape index (κ1) is 23.5. The zero-order chi connectivity index (χ0) is 24.8. The molecule has 1 fully saturated rings. The van der Waals surface area contributed by atoms with Crippen molar-refractivity contribution in [1.29, 1.82) is 0 Å². The van der Waals surface area contributed by atoms with Crippen LogP contribution in [-0.2, 0) is 16.1 Å². The van der Waals surface area contributed by atoms with Gasteiger partial charge in [-0.05, 0) is 30.3 Å². The Labute approximate surface area is 201 Å². The lowest BCUT2D eigenvalue weighted by atomic mass is 10.1. The topological polar surface area (TPSA) is 97.0 Å². The van der Waals surface area contributed by atoms with Gasteiger partial charge in [0.2, 0.25) is 0 Å². The Hall–Kier alpha value is -4.66. The summed E-state index contributed by atoms with van der Waals surface area (Å²) in [6, 6.07) is 19.2. The third-order valence-electron chi connectivity index (χ3n) is 5.18. The van der Waals surface area contributed by atoms with E-state index in [1.807, 2.05) is 6.07 Å². The molecule has 1 aliphatic heterocycles. The van der Waals surface area contributed by atoms with Gasteiger partial charge in [-0.15, -0.1) is 0 Å². The first-order valence-electron chi connectivity index (χ1n) is 10.7. The molecule has 1 heterocycles. The molecule has 0 unspecified atom stereocenters. The second-order valence-electron chi connectivity index (χ2n) is 7.55. The van der Waals surface area contributed by atoms with Gasteiger partial charge >= 0.3 is 6.03 Å². The Kier molecular flexibility index (Phi) is 7.06. The summed E-state index contributed by atoms with van der Waals surface area (Å²) in [7, 11) is 1.45. The van der Waals surface area contributed by atoms with E-state index in [-0.39, 0.29) is 36.1 Å². The Morgan fingerprint density at radius 2 is 1.77 bits per heavy atom. The van der Waals surface area contributed by atoms with Crippen LogP contribution in [0, 0.1) is 5.82 Å². The van der Waals surface area contributed by atoms with Crippen molar-refractivity contribution in [3.8, 4) is 11.5 Å². The molecule has 0 radical (unpaired) electrons. The number of hydrogen-bond acceptors (Lipinski definition) is 5. The molecule has 2 N–H and O–H groups in total. The second-order valence-corrected chi connectivity index (χ2v) is 7.55. The number of benzene rings is 3. The van der Waals surface area contributed by atoms with Gasteiger partial charge in [-0.2, -0.15) is 0 Å². The molecular formula is C26H22FN3O5. The van der Waals surface area contributed by atoms with Crippen molar-refractivity contribution >= 4 is 29.6 Å². The van der Waals surface area contributed by atoms with Crippen LogP contribution in [0.15, 0.2) is 78.5 Å². The Morgan fingerprint density at radius 1 is 1.03 bits per heavy atom. The normalized spacial score (nSPS) is 14.1. The van der Waals surface area contributed by atoms with Crippen molar-refractivity contribution in [2.24, 2.45) is 0 Å². The maximum absolute atomic E-state index is 14.0. The molecule has 4 amide bonds. The van der Waals surface area contributed by atoms with Gasteiger partial charge in [-0.1, -0.05) is 48.5 Å². The van der Waals surface area contributed by atoms with Crippen LogP contribution in [0.1, 0.15) is 11.1 Å². The molecule has 3 aromatic rings.